The summed E-state index contributed by atoms with van der Waals surface area (Å²) in [6, 6.07) is 10.0. The van der Waals surface area contributed by atoms with E-state index in [2.05, 4.69) is 48.3 Å². The van der Waals surface area contributed by atoms with Gasteiger partial charge in [0.25, 0.3) is 0 Å². The van der Waals surface area contributed by atoms with Crippen molar-refractivity contribution in [3.05, 3.63) is 29.8 Å². The van der Waals surface area contributed by atoms with Gasteiger partial charge in [-0.2, -0.15) is 0 Å². The Bertz CT molecular complexity index is 335. The van der Waals surface area contributed by atoms with Gasteiger partial charge in [-0.05, 0) is 45.0 Å². The van der Waals surface area contributed by atoms with Crippen LogP contribution in [-0.2, 0) is 0 Å². The van der Waals surface area contributed by atoms with Crippen LogP contribution in [0.25, 0.3) is 0 Å². The minimum absolute atomic E-state index is 0.432. The lowest BCUT2D eigenvalue weighted by Gasteiger charge is -2.41. The van der Waals surface area contributed by atoms with Crippen LogP contribution in [0.3, 0.4) is 0 Å². The molecule has 0 radical (unpaired) electrons. The van der Waals surface area contributed by atoms with Crippen LogP contribution < -0.4 is 10.2 Å². The van der Waals surface area contributed by atoms with Crippen molar-refractivity contribution in [1.29, 1.82) is 0 Å². The van der Waals surface area contributed by atoms with Gasteiger partial charge in [-0.3, -0.25) is 0 Å². The molecule has 82 valence electrons. The topological polar surface area (TPSA) is 15.3 Å². The smallest absolute Gasteiger partial charge is 0.0371 e. The van der Waals surface area contributed by atoms with Gasteiger partial charge in [0, 0.05) is 24.3 Å². The first-order valence-electron chi connectivity index (χ1n) is 5.76. The second kappa shape index (κ2) is 4.23. The van der Waals surface area contributed by atoms with Gasteiger partial charge in [-0.1, -0.05) is 12.1 Å². The van der Waals surface area contributed by atoms with E-state index in [1.165, 1.54) is 24.2 Å². The van der Waals surface area contributed by atoms with Gasteiger partial charge in [-0.15, -0.1) is 0 Å². The van der Waals surface area contributed by atoms with Gasteiger partial charge < -0.3 is 10.2 Å². The maximum absolute atomic E-state index is 3.28. The van der Waals surface area contributed by atoms with Crippen molar-refractivity contribution < 1.29 is 0 Å². The lowest BCUT2D eigenvalue weighted by atomic mass is 10.0. The molecule has 1 saturated heterocycles. The average molecular weight is 204 g/mol. The molecule has 1 fully saturated rings. The summed E-state index contributed by atoms with van der Waals surface area (Å²) in [7, 11) is 2.00. The fraction of sp³-hybridized carbons (Fsp3) is 0.538. The van der Waals surface area contributed by atoms with E-state index in [1.54, 1.807) is 0 Å². The molecule has 2 unspecified atom stereocenters. The van der Waals surface area contributed by atoms with Crippen molar-refractivity contribution in [3.8, 4) is 0 Å². The molecule has 15 heavy (non-hydrogen) atoms. The van der Waals surface area contributed by atoms with Crippen LogP contribution in [0.4, 0.5) is 5.69 Å². The molecule has 2 nitrogen and oxygen atoms in total. The second-order valence-electron chi connectivity index (χ2n) is 4.44. The van der Waals surface area contributed by atoms with Crippen molar-refractivity contribution in [2.75, 3.05) is 18.5 Å². The van der Waals surface area contributed by atoms with Crippen molar-refractivity contribution in [2.45, 2.75) is 32.4 Å². The third-order valence-electron chi connectivity index (χ3n) is 3.45. The van der Waals surface area contributed by atoms with Crippen LogP contribution in [0.1, 0.15) is 31.9 Å². The summed E-state index contributed by atoms with van der Waals surface area (Å²) >= 11 is 0. The molecule has 2 rings (SSSR count). The highest BCUT2D eigenvalue weighted by Gasteiger charge is 2.23. The molecule has 2 heteroatoms. The van der Waals surface area contributed by atoms with Crippen LogP contribution in [0.5, 0.6) is 0 Å². The Kier molecular flexibility index (Phi) is 2.96. The maximum atomic E-state index is 3.28. The van der Waals surface area contributed by atoms with Crippen molar-refractivity contribution in [1.82, 2.24) is 5.32 Å². The van der Waals surface area contributed by atoms with Gasteiger partial charge in [-0.25, -0.2) is 0 Å². The normalized spacial score (nSPS) is 22.3. The SMILES string of the molecule is CNC(C)c1cccc(N2CCC2C)c1. The zero-order valence-corrected chi connectivity index (χ0v) is 9.83. The van der Waals surface area contributed by atoms with E-state index in [0.29, 0.717) is 12.1 Å². The zero-order chi connectivity index (χ0) is 10.8. The Hall–Kier alpha value is -1.02. The van der Waals surface area contributed by atoms with E-state index in [9.17, 15) is 0 Å². The van der Waals surface area contributed by atoms with Gasteiger partial charge in [0.2, 0.25) is 0 Å². The Labute approximate surface area is 92.3 Å². The molecule has 1 aliphatic heterocycles. The number of benzene rings is 1. The average Bonchev–Trinajstić information content (AvgIpc) is 2.26. The Morgan fingerprint density at radius 3 is 2.80 bits per heavy atom. The lowest BCUT2D eigenvalue weighted by molar-refractivity contribution is 0.481. The summed E-state index contributed by atoms with van der Waals surface area (Å²) in [5.74, 6) is 0. The molecule has 0 saturated carbocycles. The van der Waals surface area contributed by atoms with Crippen LogP contribution in [0, 0.1) is 0 Å². The van der Waals surface area contributed by atoms with E-state index >= 15 is 0 Å². The molecule has 1 aromatic rings. The van der Waals surface area contributed by atoms with Crippen LogP contribution in [0.15, 0.2) is 24.3 Å². The molecule has 0 spiro atoms. The lowest BCUT2D eigenvalue weighted by Crippen LogP contribution is -2.45. The Morgan fingerprint density at radius 1 is 1.47 bits per heavy atom. The third-order valence-corrected chi connectivity index (χ3v) is 3.45. The number of rotatable bonds is 3. The van der Waals surface area contributed by atoms with Crippen molar-refractivity contribution in [2.24, 2.45) is 0 Å². The fourth-order valence-corrected chi connectivity index (χ4v) is 2.04. The summed E-state index contributed by atoms with van der Waals surface area (Å²) in [5.41, 5.74) is 2.74. The molecule has 1 heterocycles. The number of nitrogens with one attached hydrogen (secondary N) is 1. The van der Waals surface area contributed by atoms with Gasteiger partial charge in [0.15, 0.2) is 0 Å². The Balaban J connectivity index is 2.18. The number of hydrogen-bond donors (Lipinski definition) is 1. The van der Waals surface area contributed by atoms with E-state index in [4.69, 9.17) is 0 Å². The van der Waals surface area contributed by atoms with Gasteiger partial charge >= 0.3 is 0 Å². The summed E-state index contributed by atoms with van der Waals surface area (Å²) in [6.07, 6.45) is 1.33. The molecular formula is C13H20N2. The molecule has 0 bridgehead atoms. The molecule has 2 atom stereocenters. The maximum Gasteiger partial charge on any atom is 0.0371 e. The quantitative estimate of drug-likeness (QED) is 0.814. The minimum Gasteiger partial charge on any atom is -0.369 e. The molecular weight excluding hydrogens is 184 g/mol. The molecule has 1 aromatic carbocycles. The fourth-order valence-electron chi connectivity index (χ4n) is 2.04. The standard InChI is InChI=1S/C13H20N2/c1-10-7-8-15(10)13-6-4-5-12(9-13)11(2)14-3/h4-6,9-11,14H,7-8H2,1-3H3. The monoisotopic (exact) mass is 204 g/mol. The van der Waals surface area contributed by atoms with Gasteiger partial charge in [0.1, 0.15) is 0 Å². The largest absolute Gasteiger partial charge is 0.369 e. The minimum atomic E-state index is 0.432. The molecule has 0 aromatic heterocycles. The van der Waals surface area contributed by atoms with E-state index < -0.39 is 0 Å². The molecule has 1 N–H and O–H groups in total. The number of anilines is 1. The summed E-state index contributed by atoms with van der Waals surface area (Å²) in [6.45, 7) is 5.69. The third kappa shape index (κ3) is 2.00. The van der Waals surface area contributed by atoms with E-state index in [1.807, 2.05) is 7.05 Å². The van der Waals surface area contributed by atoms with E-state index in [0.717, 1.165) is 0 Å². The highest BCUT2D eigenvalue weighted by Crippen LogP contribution is 2.28. The summed E-state index contributed by atoms with van der Waals surface area (Å²) < 4.78 is 0. The highest BCUT2D eigenvalue weighted by molar-refractivity contribution is 5.52. The first-order valence-corrected chi connectivity index (χ1v) is 5.76. The molecule has 0 aliphatic carbocycles. The Morgan fingerprint density at radius 2 is 2.27 bits per heavy atom. The predicted octanol–water partition coefficient (Wildman–Crippen LogP) is 2.57. The van der Waals surface area contributed by atoms with Crippen LogP contribution >= 0.6 is 0 Å². The van der Waals surface area contributed by atoms with Crippen molar-refractivity contribution >= 4 is 5.69 Å². The number of nitrogens with zero attached hydrogens (tertiary/aromatic N) is 1. The van der Waals surface area contributed by atoms with E-state index in [-0.39, 0.29) is 0 Å². The van der Waals surface area contributed by atoms with Crippen LogP contribution in [-0.4, -0.2) is 19.6 Å². The summed E-state index contributed by atoms with van der Waals surface area (Å²) in [5, 5.41) is 3.28. The molecule has 1 aliphatic rings. The zero-order valence-electron chi connectivity index (χ0n) is 9.83. The number of hydrogen-bond acceptors (Lipinski definition) is 2. The van der Waals surface area contributed by atoms with Gasteiger partial charge in [0.05, 0.1) is 0 Å². The first-order chi connectivity index (χ1) is 7.22. The first kappa shape index (κ1) is 10.5. The highest BCUT2D eigenvalue weighted by atomic mass is 15.2. The summed E-state index contributed by atoms with van der Waals surface area (Å²) in [4.78, 5) is 2.46. The molecule has 0 amide bonds. The predicted molar refractivity (Wildman–Crippen MR) is 65.3 cm³/mol. The van der Waals surface area contributed by atoms with Crippen molar-refractivity contribution in [3.63, 3.8) is 0 Å². The second-order valence-corrected chi connectivity index (χ2v) is 4.44. The van der Waals surface area contributed by atoms with Crippen LogP contribution in [0.2, 0.25) is 0 Å².